The third kappa shape index (κ3) is 8.07. The Morgan fingerprint density at radius 3 is 2.67 bits per heavy atom. The Bertz CT molecular complexity index is 452. The van der Waals surface area contributed by atoms with Gasteiger partial charge in [0.15, 0.2) is 0 Å². The number of aliphatic carboxylic acids is 1. The fourth-order valence-electron chi connectivity index (χ4n) is 1.92. The summed E-state index contributed by atoms with van der Waals surface area (Å²) in [5, 5.41) is 12.0. The third-order valence-electron chi connectivity index (χ3n) is 3.37. The molecule has 0 fully saturated rings. The molecular weight excluding hydrogens is 289 g/mol. The largest absolute Gasteiger partial charge is 0.481 e. The molecule has 0 aromatic heterocycles. The highest BCUT2D eigenvalue weighted by Gasteiger charge is 2.18. The van der Waals surface area contributed by atoms with Crippen LogP contribution in [0.5, 0.6) is 0 Å². The van der Waals surface area contributed by atoms with Crippen molar-refractivity contribution >= 4 is 17.7 Å². The van der Waals surface area contributed by atoms with Crippen LogP contribution in [-0.2, 0) is 4.79 Å². The Balaban J connectivity index is 2.12. The second-order valence-electron chi connectivity index (χ2n) is 5.84. The van der Waals surface area contributed by atoms with Gasteiger partial charge in [-0.3, -0.25) is 4.79 Å². The van der Waals surface area contributed by atoms with E-state index in [1.165, 1.54) is 17.8 Å². The highest BCUT2D eigenvalue weighted by atomic mass is 32.2. The van der Waals surface area contributed by atoms with E-state index in [1.807, 2.05) is 6.07 Å². The maximum atomic E-state index is 13.4. The first-order valence-corrected chi connectivity index (χ1v) is 8.19. The minimum atomic E-state index is -0.739. The summed E-state index contributed by atoms with van der Waals surface area (Å²) in [6, 6.07) is 6.79. The molecule has 0 spiro atoms. The molecule has 0 heterocycles. The van der Waals surface area contributed by atoms with Crippen LogP contribution in [0.3, 0.4) is 0 Å². The molecule has 0 aliphatic carbocycles. The van der Waals surface area contributed by atoms with Crippen molar-refractivity contribution in [3.63, 3.8) is 0 Å². The van der Waals surface area contributed by atoms with E-state index in [9.17, 15) is 9.18 Å². The van der Waals surface area contributed by atoms with Gasteiger partial charge in [0, 0.05) is 23.6 Å². The summed E-state index contributed by atoms with van der Waals surface area (Å²) in [5.74, 6) is -0.0918. The number of rotatable bonds is 10. The van der Waals surface area contributed by atoms with Gasteiger partial charge in [-0.2, -0.15) is 0 Å². The average molecular weight is 313 g/mol. The third-order valence-corrected chi connectivity index (χ3v) is 4.42. The molecule has 1 aromatic rings. The second kappa shape index (κ2) is 9.05. The number of hydrogen-bond acceptors (Lipinski definition) is 3. The van der Waals surface area contributed by atoms with Gasteiger partial charge in [-0.05, 0) is 36.9 Å². The lowest BCUT2D eigenvalue weighted by molar-refractivity contribution is -0.137. The number of carboxylic acids is 1. The summed E-state index contributed by atoms with van der Waals surface area (Å²) in [7, 11) is 0. The quantitative estimate of drug-likeness (QED) is 0.510. The van der Waals surface area contributed by atoms with Crippen LogP contribution in [0, 0.1) is 11.2 Å². The number of carboxylic acid groups (broad SMARTS) is 1. The van der Waals surface area contributed by atoms with E-state index in [2.05, 4.69) is 19.2 Å². The minimum absolute atomic E-state index is 0.0318. The van der Waals surface area contributed by atoms with Crippen LogP contribution in [0.2, 0.25) is 0 Å². The Kier molecular flexibility index (Phi) is 7.75. The van der Waals surface area contributed by atoms with Crippen LogP contribution >= 0.6 is 11.8 Å². The molecule has 0 saturated carbocycles. The summed E-state index contributed by atoms with van der Waals surface area (Å²) >= 11 is 1.50. The van der Waals surface area contributed by atoms with Crippen molar-refractivity contribution in [3.8, 4) is 0 Å². The molecule has 0 bridgehead atoms. The van der Waals surface area contributed by atoms with Crippen molar-refractivity contribution in [1.29, 1.82) is 0 Å². The highest BCUT2D eigenvalue weighted by Crippen LogP contribution is 2.26. The molecule has 2 N–H and O–H groups in total. The van der Waals surface area contributed by atoms with Crippen LogP contribution in [-0.4, -0.2) is 29.9 Å². The van der Waals surface area contributed by atoms with Crippen molar-refractivity contribution < 1.29 is 14.3 Å². The van der Waals surface area contributed by atoms with E-state index in [4.69, 9.17) is 5.11 Å². The average Bonchev–Trinajstić information content (AvgIpc) is 2.42. The van der Waals surface area contributed by atoms with Crippen molar-refractivity contribution in [2.24, 2.45) is 5.41 Å². The maximum Gasteiger partial charge on any atom is 0.303 e. The van der Waals surface area contributed by atoms with Gasteiger partial charge in [-0.15, -0.1) is 11.8 Å². The standard InChI is InChI=1S/C16H24FNO2S/c1-16(2,8-7-15(19)20)9-10-18-11-12-21-14-6-4-3-5-13(14)17/h3-6,18H,7-12H2,1-2H3,(H,19,20). The van der Waals surface area contributed by atoms with E-state index in [0.717, 1.165) is 25.3 Å². The number of carbonyl (C=O) groups is 1. The number of thioether (sulfide) groups is 1. The Labute approximate surface area is 130 Å². The van der Waals surface area contributed by atoms with Crippen molar-refractivity contribution in [3.05, 3.63) is 30.1 Å². The maximum absolute atomic E-state index is 13.4. The zero-order chi connectivity index (χ0) is 15.7. The van der Waals surface area contributed by atoms with Gasteiger partial charge in [0.2, 0.25) is 0 Å². The van der Waals surface area contributed by atoms with Crippen molar-refractivity contribution in [2.75, 3.05) is 18.8 Å². The Morgan fingerprint density at radius 1 is 1.29 bits per heavy atom. The zero-order valence-electron chi connectivity index (χ0n) is 12.7. The fourth-order valence-corrected chi connectivity index (χ4v) is 2.76. The molecule has 0 amide bonds. The minimum Gasteiger partial charge on any atom is -0.481 e. The van der Waals surface area contributed by atoms with Crippen molar-refractivity contribution in [1.82, 2.24) is 5.32 Å². The lowest BCUT2D eigenvalue weighted by Gasteiger charge is -2.23. The predicted octanol–water partition coefficient (Wildman–Crippen LogP) is 3.79. The van der Waals surface area contributed by atoms with E-state index in [-0.39, 0.29) is 17.7 Å². The van der Waals surface area contributed by atoms with E-state index >= 15 is 0 Å². The van der Waals surface area contributed by atoms with Crippen LogP contribution in [0.25, 0.3) is 0 Å². The lowest BCUT2D eigenvalue weighted by Crippen LogP contribution is -2.24. The Hall–Kier alpha value is -1.07. The second-order valence-corrected chi connectivity index (χ2v) is 6.97. The predicted molar refractivity (Wildman–Crippen MR) is 85.3 cm³/mol. The first-order valence-electron chi connectivity index (χ1n) is 7.20. The van der Waals surface area contributed by atoms with Crippen LogP contribution in [0.15, 0.2) is 29.2 Å². The Morgan fingerprint density at radius 2 is 2.00 bits per heavy atom. The summed E-state index contributed by atoms with van der Waals surface area (Å²) < 4.78 is 13.4. The monoisotopic (exact) mass is 313 g/mol. The molecule has 0 unspecified atom stereocenters. The SMILES string of the molecule is CC(C)(CCNCCSc1ccccc1F)CCC(=O)O. The number of benzene rings is 1. The number of halogens is 1. The van der Waals surface area contributed by atoms with Gasteiger partial charge >= 0.3 is 5.97 Å². The van der Waals surface area contributed by atoms with Gasteiger partial charge in [-0.25, -0.2) is 4.39 Å². The summed E-state index contributed by atoms with van der Waals surface area (Å²) in [5.41, 5.74) is 0.0318. The van der Waals surface area contributed by atoms with Gasteiger partial charge in [-0.1, -0.05) is 26.0 Å². The molecule has 5 heteroatoms. The van der Waals surface area contributed by atoms with E-state index in [0.29, 0.717) is 11.3 Å². The molecule has 3 nitrogen and oxygen atoms in total. The summed E-state index contributed by atoms with van der Waals surface area (Å²) in [6.45, 7) is 5.84. The fraction of sp³-hybridized carbons (Fsp3) is 0.562. The molecule has 0 atom stereocenters. The smallest absolute Gasteiger partial charge is 0.303 e. The van der Waals surface area contributed by atoms with Gasteiger partial charge in [0.05, 0.1) is 0 Å². The molecule has 118 valence electrons. The van der Waals surface area contributed by atoms with E-state index < -0.39 is 5.97 Å². The highest BCUT2D eigenvalue weighted by molar-refractivity contribution is 7.99. The normalized spacial score (nSPS) is 11.6. The molecule has 1 rings (SSSR count). The van der Waals surface area contributed by atoms with Gasteiger partial charge in [0.25, 0.3) is 0 Å². The van der Waals surface area contributed by atoms with Gasteiger partial charge in [0.1, 0.15) is 5.82 Å². The molecule has 0 radical (unpaired) electrons. The zero-order valence-corrected chi connectivity index (χ0v) is 13.5. The van der Waals surface area contributed by atoms with Crippen LogP contribution < -0.4 is 5.32 Å². The van der Waals surface area contributed by atoms with Crippen LogP contribution in [0.4, 0.5) is 4.39 Å². The van der Waals surface area contributed by atoms with Crippen molar-refractivity contribution in [2.45, 2.75) is 38.0 Å². The molecular formula is C16H24FNO2S. The van der Waals surface area contributed by atoms with Gasteiger partial charge < -0.3 is 10.4 Å². The molecule has 1 aromatic carbocycles. The topological polar surface area (TPSA) is 49.3 Å². The lowest BCUT2D eigenvalue weighted by atomic mass is 9.84. The molecule has 0 aliphatic rings. The molecule has 0 aliphatic heterocycles. The first kappa shape index (κ1) is 18.0. The number of hydrogen-bond donors (Lipinski definition) is 2. The first-order chi connectivity index (χ1) is 9.91. The van der Waals surface area contributed by atoms with E-state index in [1.54, 1.807) is 12.1 Å². The summed E-state index contributed by atoms with van der Waals surface area (Å²) in [6.07, 6.45) is 1.84. The molecule has 0 saturated heterocycles. The summed E-state index contributed by atoms with van der Waals surface area (Å²) in [4.78, 5) is 11.3. The number of nitrogens with one attached hydrogen (secondary N) is 1. The molecule has 21 heavy (non-hydrogen) atoms. The van der Waals surface area contributed by atoms with Crippen LogP contribution in [0.1, 0.15) is 33.1 Å².